The Morgan fingerprint density at radius 3 is 2.88 bits per heavy atom. The lowest BCUT2D eigenvalue weighted by Crippen LogP contribution is -2.32. The Morgan fingerprint density at radius 2 is 2.18 bits per heavy atom. The van der Waals surface area contributed by atoms with Crippen LogP contribution in [0.2, 0.25) is 0 Å². The van der Waals surface area contributed by atoms with E-state index in [0.29, 0.717) is 42.0 Å². The number of thiazole rings is 1. The van der Waals surface area contributed by atoms with Crippen molar-refractivity contribution in [3.63, 3.8) is 0 Å². The maximum Gasteiger partial charge on any atom is 0.277 e. The van der Waals surface area contributed by atoms with Crippen LogP contribution in [-0.4, -0.2) is 59.2 Å². The summed E-state index contributed by atoms with van der Waals surface area (Å²) in [5, 5.41) is 3.25. The SMILES string of the molecule is CCc1cc(-c2nc(NC(=O)c3cnccn3)sc2CN2CCCC2COC)cc(F)c1OC. The molecule has 0 aliphatic carbocycles. The quantitative estimate of drug-likeness (QED) is 0.486. The van der Waals surface area contributed by atoms with Crippen molar-refractivity contribution in [2.24, 2.45) is 0 Å². The Bertz CT molecular complexity index is 1140. The van der Waals surface area contributed by atoms with Crippen LogP contribution in [0.3, 0.4) is 0 Å². The van der Waals surface area contributed by atoms with Crippen LogP contribution >= 0.6 is 11.3 Å². The molecular weight excluding hydrogens is 457 g/mol. The van der Waals surface area contributed by atoms with Crippen LogP contribution < -0.4 is 10.1 Å². The molecule has 0 radical (unpaired) electrons. The van der Waals surface area contributed by atoms with Crippen LogP contribution in [0, 0.1) is 5.82 Å². The molecule has 8 nitrogen and oxygen atoms in total. The van der Waals surface area contributed by atoms with Gasteiger partial charge >= 0.3 is 0 Å². The van der Waals surface area contributed by atoms with Gasteiger partial charge in [-0.3, -0.25) is 20.0 Å². The van der Waals surface area contributed by atoms with Crippen molar-refractivity contribution in [1.82, 2.24) is 19.9 Å². The maximum atomic E-state index is 14.9. The van der Waals surface area contributed by atoms with Gasteiger partial charge < -0.3 is 9.47 Å². The Hall–Kier alpha value is -2.95. The molecule has 180 valence electrons. The van der Waals surface area contributed by atoms with Crippen molar-refractivity contribution in [3.8, 4) is 17.0 Å². The molecule has 0 spiro atoms. The first-order chi connectivity index (χ1) is 16.5. The van der Waals surface area contributed by atoms with Crippen molar-refractivity contribution in [3.05, 3.63) is 52.7 Å². The first-order valence-electron chi connectivity index (χ1n) is 11.2. The second-order valence-electron chi connectivity index (χ2n) is 8.06. The lowest BCUT2D eigenvalue weighted by atomic mass is 10.0. The summed E-state index contributed by atoms with van der Waals surface area (Å²) in [5.41, 5.74) is 2.27. The molecule has 1 saturated heterocycles. The number of methoxy groups -OCH3 is 2. The van der Waals surface area contributed by atoms with E-state index in [1.54, 1.807) is 7.11 Å². The number of likely N-dealkylation sites (tertiary alicyclic amines) is 1. The second kappa shape index (κ2) is 11.0. The molecule has 10 heteroatoms. The molecule has 1 aliphatic rings. The number of hydrogen-bond acceptors (Lipinski definition) is 8. The van der Waals surface area contributed by atoms with Gasteiger partial charge in [0.1, 0.15) is 5.69 Å². The summed E-state index contributed by atoms with van der Waals surface area (Å²) < 4.78 is 25.5. The zero-order valence-electron chi connectivity index (χ0n) is 19.5. The third-order valence-electron chi connectivity index (χ3n) is 5.90. The highest BCUT2D eigenvalue weighted by atomic mass is 32.1. The van der Waals surface area contributed by atoms with E-state index in [1.807, 2.05) is 13.0 Å². The smallest absolute Gasteiger partial charge is 0.277 e. The summed E-state index contributed by atoms with van der Waals surface area (Å²) in [4.78, 5) is 28.6. The minimum atomic E-state index is -0.431. The van der Waals surface area contributed by atoms with Gasteiger partial charge in [0.15, 0.2) is 16.7 Å². The van der Waals surface area contributed by atoms with E-state index in [9.17, 15) is 9.18 Å². The first kappa shape index (κ1) is 24.2. The first-order valence-corrected chi connectivity index (χ1v) is 12.0. The van der Waals surface area contributed by atoms with Crippen LogP contribution in [0.15, 0.2) is 30.7 Å². The summed E-state index contributed by atoms with van der Waals surface area (Å²) >= 11 is 1.39. The lowest BCUT2D eigenvalue weighted by Gasteiger charge is -2.23. The molecule has 1 aliphatic heterocycles. The Labute approximate surface area is 202 Å². The normalized spacial score (nSPS) is 16.1. The average molecular weight is 486 g/mol. The van der Waals surface area contributed by atoms with Crippen LogP contribution in [0.5, 0.6) is 5.75 Å². The van der Waals surface area contributed by atoms with Gasteiger partial charge in [0, 0.05) is 42.5 Å². The fourth-order valence-electron chi connectivity index (χ4n) is 4.26. The zero-order valence-corrected chi connectivity index (χ0v) is 20.3. The lowest BCUT2D eigenvalue weighted by molar-refractivity contribution is 0.102. The monoisotopic (exact) mass is 485 g/mol. The molecule has 2 aromatic heterocycles. The minimum absolute atomic E-state index is 0.198. The van der Waals surface area contributed by atoms with Gasteiger partial charge in [-0.05, 0) is 43.5 Å². The van der Waals surface area contributed by atoms with Gasteiger partial charge in [-0.1, -0.05) is 18.3 Å². The third-order valence-corrected chi connectivity index (χ3v) is 6.85. The van der Waals surface area contributed by atoms with Crippen LogP contribution in [0.4, 0.5) is 9.52 Å². The molecule has 3 heterocycles. The summed E-state index contributed by atoms with van der Waals surface area (Å²) in [6, 6.07) is 3.67. The van der Waals surface area contributed by atoms with E-state index in [-0.39, 0.29) is 11.4 Å². The standard InChI is InChI=1S/C24H28FN5O3S/c1-4-15-10-16(11-18(25)22(15)33-3)21-20(13-30-9-5-6-17(30)14-32-2)34-24(28-21)29-23(31)19-12-26-7-8-27-19/h7-8,10-12,17H,4-6,9,13-14H2,1-3H3,(H,28,29,31). The highest BCUT2D eigenvalue weighted by molar-refractivity contribution is 7.16. The van der Waals surface area contributed by atoms with E-state index < -0.39 is 11.7 Å². The number of nitrogens with zero attached hydrogens (tertiary/aromatic N) is 4. The van der Waals surface area contributed by atoms with Gasteiger partial charge in [0.2, 0.25) is 0 Å². The molecule has 4 rings (SSSR count). The van der Waals surface area contributed by atoms with E-state index in [2.05, 4.69) is 20.2 Å². The van der Waals surface area contributed by atoms with Crippen molar-refractivity contribution in [1.29, 1.82) is 0 Å². The topological polar surface area (TPSA) is 89.5 Å². The van der Waals surface area contributed by atoms with Gasteiger partial charge in [-0.2, -0.15) is 0 Å². The van der Waals surface area contributed by atoms with Crippen molar-refractivity contribution in [2.75, 3.05) is 32.7 Å². The molecule has 1 unspecified atom stereocenters. The largest absolute Gasteiger partial charge is 0.493 e. The molecule has 0 saturated carbocycles. The number of hydrogen-bond donors (Lipinski definition) is 1. The Morgan fingerprint density at radius 1 is 1.32 bits per heavy atom. The van der Waals surface area contributed by atoms with Gasteiger partial charge in [-0.25, -0.2) is 14.4 Å². The van der Waals surface area contributed by atoms with Crippen LogP contribution in [-0.2, 0) is 17.7 Å². The molecule has 1 amide bonds. The number of carbonyl (C=O) groups excluding carboxylic acids is 1. The number of aromatic nitrogens is 3. The summed E-state index contributed by atoms with van der Waals surface area (Å²) in [6.07, 6.45) is 7.14. The molecule has 1 N–H and O–H groups in total. The number of aryl methyl sites for hydroxylation is 1. The number of nitrogens with one attached hydrogen (secondary N) is 1. The highest BCUT2D eigenvalue weighted by Crippen LogP contribution is 2.37. The van der Waals surface area contributed by atoms with Crippen molar-refractivity contribution < 1.29 is 18.7 Å². The maximum absolute atomic E-state index is 14.9. The van der Waals surface area contributed by atoms with E-state index >= 15 is 0 Å². The number of ether oxygens (including phenoxy) is 2. The van der Waals surface area contributed by atoms with E-state index in [4.69, 9.17) is 14.5 Å². The van der Waals surface area contributed by atoms with E-state index in [1.165, 1.54) is 43.1 Å². The number of benzene rings is 1. The fraction of sp³-hybridized carbons (Fsp3) is 0.417. The minimum Gasteiger partial charge on any atom is -0.493 e. The molecule has 1 aromatic carbocycles. The predicted molar refractivity (Wildman–Crippen MR) is 129 cm³/mol. The Kier molecular flexibility index (Phi) is 7.81. The third kappa shape index (κ3) is 5.24. The fourth-order valence-corrected chi connectivity index (χ4v) is 5.27. The number of rotatable bonds is 9. The zero-order chi connectivity index (χ0) is 24.1. The molecule has 34 heavy (non-hydrogen) atoms. The molecule has 0 bridgehead atoms. The van der Waals surface area contributed by atoms with Gasteiger partial charge in [0.25, 0.3) is 5.91 Å². The predicted octanol–water partition coefficient (Wildman–Crippen LogP) is 4.17. The van der Waals surface area contributed by atoms with Crippen molar-refractivity contribution in [2.45, 2.75) is 38.8 Å². The summed E-state index contributed by atoms with van der Waals surface area (Å²) in [6.45, 7) is 4.19. The number of amides is 1. The molecule has 3 aromatic rings. The molecule has 1 fully saturated rings. The van der Waals surface area contributed by atoms with Crippen molar-refractivity contribution >= 4 is 22.4 Å². The highest BCUT2D eigenvalue weighted by Gasteiger charge is 2.27. The van der Waals surface area contributed by atoms with Gasteiger partial charge in [-0.15, -0.1) is 0 Å². The van der Waals surface area contributed by atoms with Crippen LogP contribution in [0.25, 0.3) is 11.3 Å². The number of anilines is 1. The van der Waals surface area contributed by atoms with Gasteiger partial charge in [0.05, 0.1) is 25.6 Å². The number of halogens is 1. The average Bonchev–Trinajstić information content (AvgIpc) is 3.46. The number of carbonyl (C=O) groups is 1. The summed E-state index contributed by atoms with van der Waals surface area (Å²) in [5.74, 6) is -0.577. The summed E-state index contributed by atoms with van der Waals surface area (Å²) in [7, 11) is 3.18. The van der Waals surface area contributed by atoms with Crippen LogP contribution in [0.1, 0.15) is 40.7 Å². The van der Waals surface area contributed by atoms with E-state index in [0.717, 1.165) is 29.8 Å². The second-order valence-corrected chi connectivity index (χ2v) is 9.15. The Balaban J connectivity index is 1.70. The molecule has 1 atom stereocenters. The molecular formula is C24H28FN5O3S.